The molecular weight excluding hydrogens is 378 g/mol. The first-order chi connectivity index (χ1) is 13.6. The molecule has 160 valence electrons. The summed E-state index contributed by atoms with van der Waals surface area (Å²) in [7, 11) is -0.00829. The summed E-state index contributed by atoms with van der Waals surface area (Å²) >= 11 is 0. The van der Waals surface area contributed by atoms with Crippen LogP contribution in [-0.2, 0) is 32.4 Å². The molecule has 0 aromatic carbocycles. The number of sulfone groups is 1. The van der Waals surface area contributed by atoms with Crippen LogP contribution < -0.4 is 0 Å². The van der Waals surface area contributed by atoms with E-state index in [9.17, 15) is 8.42 Å². The molecule has 2 heterocycles. The van der Waals surface area contributed by atoms with Gasteiger partial charge in [0.2, 0.25) is 15.0 Å². The Bertz CT molecular complexity index is 703. The van der Waals surface area contributed by atoms with Crippen molar-refractivity contribution in [3.8, 4) is 0 Å². The summed E-state index contributed by atoms with van der Waals surface area (Å²) in [5.74, 6) is 0. The SMILES string of the molecule is COCCn1c(CN2CCC(OC)CC2)cnc1S(=O)(=O)C1CCCCCC1. The topological polar surface area (TPSA) is 73.7 Å². The van der Waals surface area contributed by atoms with E-state index < -0.39 is 9.84 Å². The van der Waals surface area contributed by atoms with Crippen LogP contribution in [0.25, 0.3) is 0 Å². The van der Waals surface area contributed by atoms with Crippen LogP contribution in [0.2, 0.25) is 0 Å². The zero-order valence-electron chi connectivity index (χ0n) is 17.3. The van der Waals surface area contributed by atoms with Gasteiger partial charge in [-0.3, -0.25) is 4.90 Å². The highest BCUT2D eigenvalue weighted by Crippen LogP contribution is 2.28. The Labute approximate surface area is 169 Å². The second kappa shape index (κ2) is 10.2. The van der Waals surface area contributed by atoms with Crippen LogP contribution in [0.15, 0.2) is 11.4 Å². The standard InChI is InChI=1S/C20H35N3O4S/c1-26-14-13-23-17(16-22-11-9-18(27-2)10-12-22)15-21-20(23)28(24,25)19-7-5-3-4-6-8-19/h15,18-19H,3-14,16H2,1-2H3. The Hall–Kier alpha value is -0.960. The molecule has 8 heteroatoms. The molecule has 1 aliphatic heterocycles. The maximum atomic E-state index is 13.4. The second-order valence-corrected chi connectivity index (χ2v) is 10.2. The van der Waals surface area contributed by atoms with Gasteiger partial charge >= 0.3 is 0 Å². The number of hydrogen-bond donors (Lipinski definition) is 0. The molecule has 1 aromatic heterocycles. The van der Waals surface area contributed by atoms with Crippen molar-refractivity contribution < 1.29 is 17.9 Å². The van der Waals surface area contributed by atoms with Crippen LogP contribution in [-0.4, -0.2) is 68.1 Å². The average molecular weight is 414 g/mol. The summed E-state index contributed by atoms with van der Waals surface area (Å²) in [6.45, 7) is 3.62. The molecule has 0 unspecified atom stereocenters. The fraction of sp³-hybridized carbons (Fsp3) is 0.850. The van der Waals surface area contributed by atoms with Crippen LogP contribution in [0.4, 0.5) is 0 Å². The predicted molar refractivity (Wildman–Crippen MR) is 108 cm³/mol. The third-order valence-electron chi connectivity index (χ3n) is 6.17. The molecule has 1 aliphatic carbocycles. The molecule has 7 nitrogen and oxygen atoms in total. The van der Waals surface area contributed by atoms with E-state index in [2.05, 4.69) is 9.88 Å². The van der Waals surface area contributed by atoms with Gasteiger partial charge < -0.3 is 14.0 Å². The quantitative estimate of drug-likeness (QED) is 0.610. The number of methoxy groups -OCH3 is 2. The van der Waals surface area contributed by atoms with E-state index in [1.165, 1.54) is 0 Å². The molecule has 2 fully saturated rings. The lowest BCUT2D eigenvalue weighted by molar-refractivity contribution is 0.0380. The van der Waals surface area contributed by atoms with E-state index in [0.29, 0.717) is 25.8 Å². The van der Waals surface area contributed by atoms with E-state index in [1.54, 1.807) is 20.4 Å². The lowest BCUT2D eigenvalue weighted by Crippen LogP contribution is -2.36. The number of nitrogens with zero attached hydrogens (tertiary/aromatic N) is 3. The molecule has 0 atom stereocenters. The number of rotatable bonds is 8. The fourth-order valence-corrected chi connectivity index (χ4v) is 6.37. The smallest absolute Gasteiger partial charge is 0.228 e. The lowest BCUT2D eigenvalue weighted by Gasteiger charge is -2.31. The number of ether oxygens (including phenoxy) is 2. The van der Waals surface area contributed by atoms with Crippen molar-refractivity contribution in [2.45, 2.75) is 81.0 Å². The van der Waals surface area contributed by atoms with Gasteiger partial charge in [-0.15, -0.1) is 0 Å². The van der Waals surface area contributed by atoms with Gasteiger partial charge in [0.05, 0.1) is 29.9 Å². The third kappa shape index (κ3) is 5.14. The van der Waals surface area contributed by atoms with Gasteiger partial charge in [0.1, 0.15) is 0 Å². The van der Waals surface area contributed by atoms with Gasteiger partial charge in [-0.2, -0.15) is 0 Å². The van der Waals surface area contributed by atoms with Crippen molar-refractivity contribution in [1.29, 1.82) is 0 Å². The minimum Gasteiger partial charge on any atom is -0.383 e. The normalized spacial score (nSPS) is 21.1. The second-order valence-electron chi connectivity index (χ2n) is 8.05. The first kappa shape index (κ1) is 21.7. The van der Waals surface area contributed by atoms with Crippen molar-refractivity contribution in [3.63, 3.8) is 0 Å². The molecule has 0 radical (unpaired) electrons. The zero-order chi connectivity index (χ0) is 20.0. The van der Waals surface area contributed by atoms with Crippen molar-refractivity contribution in [1.82, 2.24) is 14.5 Å². The molecule has 1 saturated carbocycles. The van der Waals surface area contributed by atoms with Crippen molar-refractivity contribution in [2.75, 3.05) is 33.9 Å². The number of imidazole rings is 1. The third-order valence-corrected chi connectivity index (χ3v) is 8.35. The Balaban J connectivity index is 1.79. The van der Waals surface area contributed by atoms with E-state index in [4.69, 9.17) is 9.47 Å². The minimum atomic E-state index is -3.42. The highest BCUT2D eigenvalue weighted by molar-refractivity contribution is 7.91. The summed E-state index contributed by atoms with van der Waals surface area (Å²) in [6.07, 6.45) is 9.85. The molecule has 1 saturated heterocycles. The van der Waals surface area contributed by atoms with Crippen LogP contribution >= 0.6 is 0 Å². The van der Waals surface area contributed by atoms with Crippen molar-refractivity contribution in [3.05, 3.63) is 11.9 Å². The van der Waals surface area contributed by atoms with Gasteiger partial charge in [0.25, 0.3) is 0 Å². The molecule has 1 aromatic rings. The Morgan fingerprint density at radius 3 is 2.36 bits per heavy atom. The van der Waals surface area contributed by atoms with Gasteiger partial charge in [-0.25, -0.2) is 13.4 Å². The lowest BCUT2D eigenvalue weighted by atomic mass is 10.1. The van der Waals surface area contributed by atoms with E-state index >= 15 is 0 Å². The summed E-state index contributed by atoms with van der Waals surface area (Å²) in [4.78, 5) is 6.77. The molecule has 3 rings (SSSR count). The maximum absolute atomic E-state index is 13.4. The number of piperidine rings is 1. The van der Waals surface area contributed by atoms with Gasteiger partial charge in [0.15, 0.2) is 0 Å². The van der Waals surface area contributed by atoms with Crippen molar-refractivity contribution in [2.24, 2.45) is 0 Å². The molecule has 28 heavy (non-hydrogen) atoms. The van der Waals surface area contributed by atoms with Crippen molar-refractivity contribution >= 4 is 9.84 Å². The van der Waals surface area contributed by atoms with Crippen LogP contribution in [0.5, 0.6) is 0 Å². The molecule has 2 aliphatic rings. The first-order valence-corrected chi connectivity index (χ1v) is 12.1. The Morgan fingerprint density at radius 1 is 1.07 bits per heavy atom. The van der Waals surface area contributed by atoms with Gasteiger partial charge in [0, 0.05) is 40.4 Å². The highest BCUT2D eigenvalue weighted by Gasteiger charge is 2.33. The summed E-state index contributed by atoms with van der Waals surface area (Å²) < 4.78 is 39.3. The molecular formula is C20H35N3O4S. The predicted octanol–water partition coefficient (Wildman–Crippen LogP) is 2.64. The number of aromatic nitrogens is 2. The maximum Gasteiger partial charge on any atom is 0.228 e. The number of hydrogen-bond acceptors (Lipinski definition) is 6. The first-order valence-electron chi connectivity index (χ1n) is 10.6. The summed E-state index contributed by atoms with van der Waals surface area (Å²) in [6, 6.07) is 0. The molecule has 0 amide bonds. The Kier molecular flexibility index (Phi) is 7.91. The average Bonchev–Trinajstić information content (AvgIpc) is 2.91. The fourth-order valence-electron chi connectivity index (χ4n) is 4.40. The molecule has 0 spiro atoms. The largest absolute Gasteiger partial charge is 0.383 e. The molecule has 0 N–H and O–H groups in total. The van der Waals surface area contributed by atoms with Crippen LogP contribution in [0.1, 0.15) is 57.1 Å². The van der Waals surface area contributed by atoms with E-state index in [0.717, 1.165) is 70.2 Å². The zero-order valence-corrected chi connectivity index (χ0v) is 18.1. The van der Waals surface area contributed by atoms with Crippen LogP contribution in [0.3, 0.4) is 0 Å². The van der Waals surface area contributed by atoms with Gasteiger partial charge in [-0.1, -0.05) is 25.7 Å². The van der Waals surface area contributed by atoms with Crippen LogP contribution in [0, 0.1) is 0 Å². The Morgan fingerprint density at radius 2 is 1.75 bits per heavy atom. The highest BCUT2D eigenvalue weighted by atomic mass is 32.2. The van der Waals surface area contributed by atoms with Gasteiger partial charge in [-0.05, 0) is 25.7 Å². The summed E-state index contributed by atoms with van der Waals surface area (Å²) in [5, 5.41) is -0.0674. The monoisotopic (exact) mass is 413 g/mol. The van der Waals surface area contributed by atoms with E-state index in [1.807, 2.05) is 4.57 Å². The minimum absolute atomic E-state index is 0.234. The van der Waals surface area contributed by atoms with E-state index in [-0.39, 0.29) is 10.4 Å². The summed E-state index contributed by atoms with van der Waals surface area (Å²) in [5.41, 5.74) is 0.958. The number of likely N-dealkylation sites (tertiary alicyclic amines) is 1. The molecule has 0 bridgehead atoms.